The molecular formula is C14H16F6N2O. The summed E-state index contributed by atoms with van der Waals surface area (Å²) in [6.45, 7) is 2.00. The average Bonchev–Trinajstić information content (AvgIpc) is 2.49. The van der Waals surface area contributed by atoms with Crippen LogP contribution in [0.2, 0.25) is 0 Å². The first-order valence-electron chi connectivity index (χ1n) is 6.99. The van der Waals surface area contributed by atoms with Crippen molar-refractivity contribution in [2.45, 2.75) is 25.0 Å². The maximum atomic E-state index is 13.3. The Hall–Kier alpha value is -1.48. The summed E-state index contributed by atoms with van der Waals surface area (Å²) in [6, 6.07) is 3.18. The molecule has 1 fully saturated rings. The van der Waals surface area contributed by atoms with Crippen molar-refractivity contribution in [3.8, 4) is 5.75 Å². The summed E-state index contributed by atoms with van der Waals surface area (Å²) in [6.07, 6.45) is -11.3. The molecule has 1 aliphatic rings. The fraction of sp³-hybridized carbons (Fsp3) is 0.571. The monoisotopic (exact) mass is 342 g/mol. The molecule has 1 heterocycles. The lowest BCUT2D eigenvalue weighted by atomic mass is 10.0. The van der Waals surface area contributed by atoms with Gasteiger partial charge in [-0.05, 0) is 17.7 Å². The predicted molar refractivity (Wildman–Crippen MR) is 71.2 cm³/mol. The molecule has 0 aliphatic carbocycles. The number of piperazine rings is 1. The molecule has 0 spiro atoms. The topological polar surface area (TPSA) is 24.5 Å². The number of ether oxygens (including phenoxy) is 1. The SMILES string of the molecule is FC(F)[C@@H](c1ccc(OC(F)(F)C(F)F)cc1)N1CCNCC1. The van der Waals surface area contributed by atoms with Crippen molar-refractivity contribution in [1.82, 2.24) is 10.2 Å². The molecule has 0 aromatic heterocycles. The van der Waals surface area contributed by atoms with Gasteiger partial charge in [-0.1, -0.05) is 12.1 Å². The minimum absolute atomic E-state index is 0.217. The highest BCUT2D eigenvalue weighted by Gasteiger charge is 2.44. The molecule has 1 aromatic rings. The van der Waals surface area contributed by atoms with Crippen molar-refractivity contribution in [3.05, 3.63) is 29.8 Å². The summed E-state index contributed by atoms with van der Waals surface area (Å²) in [5.41, 5.74) is 0.217. The maximum Gasteiger partial charge on any atom is 0.461 e. The van der Waals surface area contributed by atoms with Gasteiger partial charge in [0.1, 0.15) is 5.75 Å². The Bertz CT molecular complexity index is 491. The number of nitrogens with one attached hydrogen (secondary N) is 1. The highest BCUT2D eigenvalue weighted by Crippen LogP contribution is 2.31. The van der Waals surface area contributed by atoms with Gasteiger partial charge < -0.3 is 10.1 Å². The van der Waals surface area contributed by atoms with Crippen LogP contribution >= 0.6 is 0 Å². The number of halogens is 6. The second kappa shape index (κ2) is 7.39. The van der Waals surface area contributed by atoms with E-state index < -0.39 is 30.8 Å². The molecule has 1 aliphatic heterocycles. The van der Waals surface area contributed by atoms with Gasteiger partial charge in [0.05, 0.1) is 6.04 Å². The second-order valence-corrected chi connectivity index (χ2v) is 5.10. The maximum absolute atomic E-state index is 13.3. The van der Waals surface area contributed by atoms with Crippen LogP contribution in [0.4, 0.5) is 26.3 Å². The molecule has 0 unspecified atom stereocenters. The third-order valence-corrected chi connectivity index (χ3v) is 3.51. The highest BCUT2D eigenvalue weighted by molar-refractivity contribution is 5.30. The van der Waals surface area contributed by atoms with Crippen molar-refractivity contribution < 1.29 is 31.1 Å². The van der Waals surface area contributed by atoms with Crippen molar-refractivity contribution in [1.29, 1.82) is 0 Å². The Morgan fingerprint density at radius 3 is 2.04 bits per heavy atom. The zero-order valence-corrected chi connectivity index (χ0v) is 12.0. The molecule has 2 rings (SSSR count). The van der Waals surface area contributed by atoms with Crippen molar-refractivity contribution in [3.63, 3.8) is 0 Å². The van der Waals surface area contributed by atoms with Crippen LogP contribution in [0.3, 0.4) is 0 Å². The van der Waals surface area contributed by atoms with Crippen LogP contribution in [0.25, 0.3) is 0 Å². The number of rotatable bonds is 6. The van der Waals surface area contributed by atoms with Crippen LogP contribution in [0, 0.1) is 0 Å². The first-order valence-corrected chi connectivity index (χ1v) is 6.99. The zero-order valence-electron chi connectivity index (χ0n) is 12.0. The molecule has 1 saturated heterocycles. The molecule has 0 radical (unpaired) electrons. The standard InChI is InChI=1S/C14H16F6N2O/c15-12(16)11(22-7-5-21-6-8-22)9-1-3-10(4-2-9)23-14(19,20)13(17)18/h1-4,11-13,21H,5-8H2/t11-/m1/s1. The Balaban J connectivity index is 2.12. The van der Waals surface area contributed by atoms with E-state index in [1.165, 1.54) is 12.1 Å². The Morgan fingerprint density at radius 2 is 1.57 bits per heavy atom. The van der Waals surface area contributed by atoms with Crippen LogP contribution in [0.5, 0.6) is 5.75 Å². The number of hydrogen-bond donors (Lipinski definition) is 1. The molecule has 0 bridgehead atoms. The van der Waals surface area contributed by atoms with E-state index in [-0.39, 0.29) is 5.56 Å². The van der Waals surface area contributed by atoms with Crippen molar-refractivity contribution in [2.24, 2.45) is 0 Å². The molecule has 1 N–H and O–H groups in total. The van der Waals surface area contributed by atoms with Crippen LogP contribution in [0.15, 0.2) is 24.3 Å². The third kappa shape index (κ3) is 4.51. The Kier molecular flexibility index (Phi) is 5.74. The van der Waals surface area contributed by atoms with E-state index >= 15 is 0 Å². The summed E-state index contributed by atoms with van der Waals surface area (Å²) < 4.78 is 80.3. The van der Waals surface area contributed by atoms with Gasteiger partial charge in [0, 0.05) is 26.2 Å². The summed E-state index contributed by atoms with van der Waals surface area (Å²) >= 11 is 0. The minimum Gasteiger partial charge on any atom is -0.428 e. The fourth-order valence-corrected chi connectivity index (χ4v) is 2.41. The molecule has 9 heteroatoms. The fourth-order valence-electron chi connectivity index (χ4n) is 2.41. The minimum atomic E-state index is -4.62. The third-order valence-electron chi connectivity index (χ3n) is 3.51. The number of alkyl halides is 6. The molecule has 3 nitrogen and oxygen atoms in total. The van der Waals surface area contributed by atoms with E-state index in [1.807, 2.05) is 0 Å². The molecule has 1 aromatic carbocycles. The molecule has 0 saturated carbocycles. The van der Waals surface area contributed by atoms with E-state index in [1.54, 1.807) is 4.90 Å². The summed E-state index contributed by atoms with van der Waals surface area (Å²) in [4.78, 5) is 1.59. The van der Waals surface area contributed by atoms with Gasteiger partial charge in [0.15, 0.2) is 0 Å². The largest absolute Gasteiger partial charge is 0.461 e. The lowest BCUT2D eigenvalue weighted by Crippen LogP contribution is -2.46. The first kappa shape index (κ1) is 17.9. The molecule has 23 heavy (non-hydrogen) atoms. The van der Waals surface area contributed by atoms with Crippen LogP contribution in [-0.2, 0) is 0 Å². The van der Waals surface area contributed by atoms with E-state index in [0.717, 1.165) is 12.1 Å². The Labute approximate surface area is 129 Å². The number of hydrogen-bond acceptors (Lipinski definition) is 3. The quantitative estimate of drug-likeness (QED) is 0.804. The smallest absolute Gasteiger partial charge is 0.428 e. The highest BCUT2D eigenvalue weighted by atomic mass is 19.3. The predicted octanol–water partition coefficient (Wildman–Crippen LogP) is 3.13. The van der Waals surface area contributed by atoms with E-state index in [2.05, 4.69) is 10.1 Å². The molecular weight excluding hydrogens is 326 g/mol. The number of nitrogens with zero attached hydrogens (tertiary/aromatic N) is 1. The lowest BCUT2D eigenvalue weighted by Gasteiger charge is -2.34. The normalized spacial score (nSPS) is 18.4. The Morgan fingerprint density at radius 1 is 1.00 bits per heavy atom. The summed E-state index contributed by atoms with van der Waals surface area (Å²) in [7, 11) is 0. The summed E-state index contributed by atoms with van der Waals surface area (Å²) in [5.74, 6) is -0.507. The summed E-state index contributed by atoms with van der Waals surface area (Å²) in [5, 5.41) is 3.04. The second-order valence-electron chi connectivity index (χ2n) is 5.10. The average molecular weight is 342 g/mol. The van der Waals surface area contributed by atoms with Crippen molar-refractivity contribution >= 4 is 0 Å². The van der Waals surface area contributed by atoms with Crippen LogP contribution in [0.1, 0.15) is 11.6 Å². The van der Waals surface area contributed by atoms with Crippen LogP contribution in [-0.4, -0.2) is 50.0 Å². The van der Waals surface area contributed by atoms with Gasteiger partial charge in [0.25, 0.3) is 6.43 Å². The zero-order chi connectivity index (χ0) is 17.0. The van der Waals surface area contributed by atoms with Gasteiger partial charge in [-0.2, -0.15) is 17.6 Å². The lowest BCUT2D eigenvalue weighted by molar-refractivity contribution is -0.253. The van der Waals surface area contributed by atoms with E-state index in [9.17, 15) is 26.3 Å². The van der Waals surface area contributed by atoms with E-state index in [0.29, 0.717) is 26.2 Å². The van der Waals surface area contributed by atoms with Crippen LogP contribution < -0.4 is 10.1 Å². The van der Waals surface area contributed by atoms with Crippen molar-refractivity contribution in [2.75, 3.05) is 26.2 Å². The first-order chi connectivity index (χ1) is 10.8. The van der Waals surface area contributed by atoms with Gasteiger partial charge in [-0.15, -0.1) is 0 Å². The van der Waals surface area contributed by atoms with Gasteiger partial charge >= 0.3 is 12.5 Å². The number of benzene rings is 1. The molecule has 130 valence electrons. The molecule has 1 atom stereocenters. The van der Waals surface area contributed by atoms with Gasteiger partial charge in [0.2, 0.25) is 0 Å². The van der Waals surface area contributed by atoms with Gasteiger partial charge in [-0.3, -0.25) is 4.90 Å². The van der Waals surface area contributed by atoms with E-state index in [4.69, 9.17) is 0 Å². The van der Waals surface area contributed by atoms with Gasteiger partial charge in [-0.25, -0.2) is 8.78 Å². The molecule has 0 amide bonds.